The van der Waals surface area contributed by atoms with Crippen LogP contribution in [-0.2, 0) is 26.8 Å². The van der Waals surface area contributed by atoms with E-state index in [1.807, 2.05) is 12.1 Å². The largest absolute Gasteiger partial charge is 0.381 e. The molecule has 3 heterocycles. The third-order valence-electron chi connectivity index (χ3n) is 6.81. The monoisotopic (exact) mass is 531 g/mol. The molecular weight excluding hydrogens is 504 g/mol. The summed E-state index contributed by atoms with van der Waals surface area (Å²) in [5.74, 6) is -2.19. The molecule has 2 aromatic carbocycles. The summed E-state index contributed by atoms with van der Waals surface area (Å²) in [6.45, 7) is 4.48. The van der Waals surface area contributed by atoms with Crippen molar-refractivity contribution in [2.75, 3.05) is 23.8 Å². The average molecular weight is 532 g/mol. The number of sulfonamides is 1. The number of ether oxygens (including phenoxy) is 1. The van der Waals surface area contributed by atoms with Crippen LogP contribution in [0.3, 0.4) is 0 Å². The number of rotatable bonds is 6. The molecule has 0 spiro atoms. The number of hydrogen-bond donors (Lipinski definition) is 3. The maximum atomic E-state index is 13.8. The van der Waals surface area contributed by atoms with Gasteiger partial charge in [0.1, 0.15) is 11.6 Å². The Hall–Kier alpha value is -3.35. The summed E-state index contributed by atoms with van der Waals surface area (Å²) >= 11 is 0. The number of halogens is 2. The summed E-state index contributed by atoms with van der Waals surface area (Å²) in [5.41, 5.74) is 0.945. The average Bonchev–Trinajstić information content (AvgIpc) is 3.37. The molecule has 5 rings (SSSR count). The van der Waals surface area contributed by atoms with E-state index in [1.165, 1.54) is 0 Å². The molecule has 9 nitrogen and oxygen atoms in total. The zero-order valence-electron chi connectivity index (χ0n) is 20.3. The van der Waals surface area contributed by atoms with Crippen LogP contribution in [0.15, 0.2) is 47.4 Å². The van der Waals surface area contributed by atoms with Crippen molar-refractivity contribution in [3.05, 3.63) is 70.9 Å². The Labute approximate surface area is 213 Å². The van der Waals surface area contributed by atoms with Crippen molar-refractivity contribution in [2.24, 2.45) is 0 Å². The smallest absolute Gasteiger partial charge is 0.258 e. The third-order valence-corrected chi connectivity index (χ3v) is 8.81. The number of aromatic amines is 1. The van der Waals surface area contributed by atoms with Gasteiger partial charge in [-0.15, -0.1) is 0 Å². The first kappa shape index (κ1) is 25.3. The van der Waals surface area contributed by atoms with E-state index in [9.17, 15) is 22.0 Å². The van der Waals surface area contributed by atoms with Gasteiger partial charge in [-0.05, 0) is 51.0 Å². The van der Waals surface area contributed by atoms with E-state index in [2.05, 4.69) is 20.8 Å². The van der Waals surface area contributed by atoms with E-state index in [0.717, 1.165) is 29.3 Å². The first-order valence-corrected chi connectivity index (χ1v) is 13.3. The topological polar surface area (TPSA) is 116 Å². The molecule has 2 aliphatic rings. The van der Waals surface area contributed by atoms with Gasteiger partial charge in [-0.25, -0.2) is 17.2 Å². The van der Waals surface area contributed by atoms with Gasteiger partial charge in [-0.3, -0.25) is 9.89 Å². The van der Waals surface area contributed by atoms with Crippen molar-refractivity contribution in [1.82, 2.24) is 14.5 Å². The van der Waals surface area contributed by atoms with Crippen molar-refractivity contribution in [2.45, 2.75) is 49.7 Å². The van der Waals surface area contributed by atoms with Crippen LogP contribution >= 0.6 is 0 Å². The van der Waals surface area contributed by atoms with E-state index >= 15 is 0 Å². The highest BCUT2D eigenvalue weighted by Crippen LogP contribution is 2.44. The number of benzene rings is 2. The molecule has 0 unspecified atom stereocenters. The van der Waals surface area contributed by atoms with E-state index in [1.54, 1.807) is 26.0 Å². The molecule has 1 aromatic heterocycles. The number of nitrogens with zero attached hydrogens (tertiary/aromatic N) is 2. The van der Waals surface area contributed by atoms with Crippen molar-refractivity contribution >= 4 is 27.4 Å². The quantitative estimate of drug-likeness (QED) is 0.443. The summed E-state index contributed by atoms with van der Waals surface area (Å²) in [4.78, 5) is 12.8. The molecule has 2 aliphatic heterocycles. The molecule has 3 N–H and O–H groups in total. The number of para-hydroxylation sites is 1. The number of hydrogen-bond acceptors (Lipinski definition) is 6. The van der Waals surface area contributed by atoms with Crippen LogP contribution in [0.2, 0.25) is 0 Å². The zero-order chi connectivity index (χ0) is 26.4. The lowest BCUT2D eigenvalue weighted by Gasteiger charge is -2.30. The Bertz CT molecular complexity index is 1430. The minimum atomic E-state index is -4.28. The van der Waals surface area contributed by atoms with Crippen molar-refractivity contribution in [3.8, 4) is 0 Å². The van der Waals surface area contributed by atoms with E-state index in [4.69, 9.17) is 4.74 Å². The SMILES string of the molecule is CC1(C)c2[nH]nc(NC(=O)c3ccccc3NC3CCOCC3)c2CN1S(=O)(=O)c1cc(F)cc(F)c1. The van der Waals surface area contributed by atoms with Gasteiger partial charge in [0.25, 0.3) is 5.91 Å². The fourth-order valence-electron chi connectivity index (χ4n) is 4.83. The third kappa shape index (κ3) is 4.72. The van der Waals surface area contributed by atoms with Crippen LogP contribution in [0.1, 0.15) is 48.3 Å². The van der Waals surface area contributed by atoms with Crippen LogP contribution in [0.4, 0.5) is 20.3 Å². The van der Waals surface area contributed by atoms with Gasteiger partial charge in [0.15, 0.2) is 5.82 Å². The molecule has 0 atom stereocenters. The standard InChI is InChI=1S/C25H27F2N5O4S/c1-25(2)22-20(14-32(25)37(34,35)18-12-15(26)11-16(27)13-18)23(31-30-22)29-24(33)19-5-3-4-6-21(19)28-17-7-9-36-10-8-17/h3-6,11-13,17,28H,7-10,14H2,1-2H3,(H2,29,30,31,33). The van der Waals surface area contributed by atoms with E-state index in [0.29, 0.717) is 41.8 Å². The summed E-state index contributed by atoms with van der Waals surface area (Å²) in [5, 5.41) is 13.3. The molecule has 12 heteroatoms. The Morgan fingerprint density at radius 1 is 1.14 bits per heavy atom. The Morgan fingerprint density at radius 2 is 1.81 bits per heavy atom. The molecule has 3 aromatic rings. The number of carbonyl (C=O) groups excluding carboxylic acids is 1. The predicted molar refractivity (Wildman–Crippen MR) is 133 cm³/mol. The summed E-state index contributed by atoms with van der Waals surface area (Å²) < 4.78 is 60.8. The number of fused-ring (bicyclic) bond motifs is 1. The zero-order valence-corrected chi connectivity index (χ0v) is 21.2. The molecule has 0 saturated carbocycles. The maximum Gasteiger partial charge on any atom is 0.258 e. The minimum Gasteiger partial charge on any atom is -0.381 e. The maximum absolute atomic E-state index is 13.8. The molecule has 1 saturated heterocycles. The number of nitrogens with one attached hydrogen (secondary N) is 3. The van der Waals surface area contributed by atoms with Crippen LogP contribution in [0, 0.1) is 11.6 Å². The fourth-order valence-corrected chi connectivity index (χ4v) is 6.60. The lowest BCUT2D eigenvalue weighted by molar-refractivity contribution is 0.0904. The molecule has 196 valence electrons. The lowest BCUT2D eigenvalue weighted by atomic mass is 10.0. The highest BCUT2D eigenvalue weighted by molar-refractivity contribution is 7.89. The van der Waals surface area contributed by atoms with Gasteiger partial charge in [-0.1, -0.05) is 12.1 Å². The van der Waals surface area contributed by atoms with E-state index in [-0.39, 0.29) is 18.4 Å². The lowest BCUT2D eigenvalue weighted by Crippen LogP contribution is -2.40. The highest BCUT2D eigenvalue weighted by atomic mass is 32.2. The molecular formula is C25H27F2N5O4S. The predicted octanol–water partition coefficient (Wildman–Crippen LogP) is 3.97. The number of carbonyl (C=O) groups is 1. The summed E-state index contributed by atoms with van der Waals surface area (Å²) in [6.07, 6.45) is 1.66. The fraction of sp³-hybridized carbons (Fsp3) is 0.360. The number of amides is 1. The number of aromatic nitrogens is 2. The first-order valence-electron chi connectivity index (χ1n) is 11.9. The molecule has 1 amide bonds. The Balaban J connectivity index is 1.40. The van der Waals surface area contributed by atoms with Crippen LogP contribution in [0.5, 0.6) is 0 Å². The van der Waals surface area contributed by atoms with Crippen LogP contribution in [0.25, 0.3) is 0 Å². The highest BCUT2D eigenvalue weighted by Gasteiger charge is 2.48. The Kier molecular flexibility index (Phi) is 6.50. The van der Waals surface area contributed by atoms with Crippen LogP contribution in [-0.4, -0.2) is 48.1 Å². The molecule has 0 bridgehead atoms. The second-order valence-electron chi connectivity index (χ2n) is 9.63. The molecule has 37 heavy (non-hydrogen) atoms. The van der Waals surface area contributed by atoms with E-state index < -0.39 is 38.0 Å². The summed E-state index contributed by atoms with van der Waals surface area (Å²) in [6, 6.07) is 9.49. The normalized spacial score (nSPS) is 17.9. The van der Waals surface area contributed by atoms with Gasteiger partial charge in [0, 0.05) is 43.1 Å². The first-order chi connectivity index (χ1) is 17.6. The number of H-pyrrole nitrogens is 1. The van der Waals surface area contributed by atoms with Crippen LogP contribution < -0.4 is 10.6 Å². The van der Waals surface area contributed by atoms with Crippen molar-refractivity contribution < 1.29 is 26.7 Å². The van der Waals surface area contributed by atoms with Gasteiger partial charge in [0.05, 0.1) is 21.7 Å². The van der Waals surface area contributed by atoms with Crippen molar-refractivity contribution in [3.63, 3.8) is 0 Å². The van der Waals surface area contributed by atoms with Gasteiger partial charge in [0.2, 0.25) is 10.0 Å². The molecule has 1 fully saturated rings. The van der Waals surface area contributed by atoms with Gasteiger partial charge < -0.3 is 15.4 Å². The second kappa shape index (κ2) is 9.51. The number of anilines is 2. The molecule has 0 radical (unpaired) electrons. The van der Waals surface area contributed by atoms with Gasteiger partial charge in [-0.2, -0.15) is 9.40 Å². The minimum absolute atomic E-state index is 0.142. The van der Waals surface area contributed by atoms with Crippen molar-refractivity contribution in [1.29, 1.82) is 0 Å². The van der Waals surface area contributed by atoms with Gasteiger partial charge >= 0.3 is 0 Å². The Morgan fingerprint density at radius 3 is 2.51 bits per heavy atom. The summed E-state index contributed by atoms with van der Waals surface area (Å²) in [7, 11) is -4.28. The second-order valence-corrected chi connectivity index (χ2v) is 11.5. The molecule has 0 aliphatic carbocycles.